The molecule has 1 unspecified atom stereocenters. The maximum atomic E-state index is 12.9. The number of aryl methyl sites for hydroxylation is 1. The van der Waals surface area contributed by atoms with Crippen molar-refractivity contribution < 1.29 is 13.8 Å². The molecule has 0 fully saturated rings. The fourth-order valence-corrected chi connectivity index (χ4v) is 4.38. The standard InChI is InChI=1S/C27H23N5O2S/c1-19-4-5-21(14-26(33)22-8-6-20(7-9-22)17-35(34)18-31-28)13-24(19)15-27-30-12-10-25(32-27)23-3-2-11-29-16-23/h2-13,16,18H,14-15,17H2,1H3. The van der Waals surface area contributed by atoms with Gasteiger partial charge in [-0.25, -0.2) is 14.2 Å². The number of hydrogen-bond donors (Lipinski definition) is 0. The van der Waals surface area contributed by atoms with Gasteiger partial charge in [-0.15, -0.1) is 0 Å². The topological polar surface area (TPSA) is 109 Å². The fraction of sp³-hybridized carbons (Fsp3) is 0.148. The van der Waals surface area contributed by atoms with Crippen LogP contribution < -0.4 is 0 Å². The number of benzene rings is 2. The Labute approximate surface area is 206 Å². The fourth-order valence-electron chi connectivity index (χ4n) is 3.68. The Kier molecular flexibility index (Phi) is 7.77. The number of aromatic nitrogens is 3. The van der Waals surface area contributed by atoms with E-state index in [1.165, 1.54) is 0 Å². The van der Waals surface area contributed by atoms with Gasteiger partial charge in [-0.05, 0) is 47.4 Å². The van der Waals surface area contributed by atoms with Crippen molar-refractivity contribution in [3.05, 3.63) is 118 Å². The molecule has 2 heterocycles. The summed E-state index contributed by atoms with van der Waals surface area (Å²) in [6.07, 6.45) is 6.09. The first-order valence-electron chi connectivity index (χ1n) is 11.0. The third kappa shape index (κ3) is 6.47. The highest BCUT2D eigenvalue weighted by molar-refractivity contribution is 7.97. The smallest absolute Gasteiger partial charge is 0.344 e. The van der Waals surface area contributed by atoms with Crippen LogP contribution in [-0.2, 0) is 29.4 Å². The van der Waals surface area contributed by atoms with E-state index in [-0.39, 0.29) is 18.0 Å². The van der Waals surface area contributed by atoms with E-state index in [0.717, 1.165) is 39.1 Å². The van der Waals surface area contributed by atoms with Gasteiger partial charge in [0.15, 0.2) is 5.78 Å². The molecule has 0 aliphatic heterocycles. The highest BCUT2D eigenvalue weighted by Crippen LogP contribution is 2.19. The van der Waals surface area contributed by atoms with Crippen LogP contribution in [0.15, 0.2) is 79.3 Å². The summed E-state index contributed by atoms with van der Waals surface area (Å²) in [7, 11) is -1.39. The molecule has 174 valence electrons. The molecule has 2 aromatic carbocycles. The normalized spacial score (nSPS) is 11.5. The van der Waals surface area contributed by atoms with Gasteiger partial charge in [0.2, 0.25) is 0 Å². The van der Waals surface area contributed by atoms with Crippen molar-refractivity contribution in [1.29, 1.82) is 0 Å². The summed E-state index contributed by atoms with van der Waals surface area (Å²) in [5.41, 5.74) is 15.7. The molecule has 7 nitrogen and oxygen atoms in total. The van der Waals surface area contributed by atoms with Crippen LogP contribution in [0.3, 0.4) is 0 Å². The molecule has 4 rings (SSSR count). The Morgan fingerprint density at radius 1 is 1.06 bits per heavy atom. The number of nitrogens with zero attached hydrogens (tertiary/aromatic N) is 5. The highest BCUT2D eigenvalue weighted by Gasteiger charge is 2.11. The lowest BCUT2D eigenvalue weighted by atomic mass is 9.97. The van der Waals surface area contributed by atoms with Crippen molar-refractivity contribution in [1.82, 2.24) is 15.0 Å². The lowest BCUT2D eigenvalue weighted by Gasteiger charge is -2.10. The van der Waals surface area contributed by atoms with Crippen LogP contribution in [0, 0.1) is 6.92 Å². The van der Waals surface area contributed by atoms with Gasteiger partial charge in [0.05, 0.1) is 11.4 Å². The second-order valence-electron chi connectivity index (χ2n) is 8.08. The van der Waals surface area contributed by atoms with Crippen LogP contribution in [0.2, 0.25) is 0 Å². The molecule has 4 aromatic rings. The summed E-state index contributed by atoms with van der Waals surface area (Å²) >= 11 is 0. The number of pyridine rings is 1. The van der Waals surface area contributed by atoms with Crippen molar-refractivity contribution in [3.63, 3.8) is 0 Å². The Bertz CT molecular complexity index is 1420. The minimum atomic E-state index is -1.39. The van der Waals surface area contributed by atoms with E-state index in [1.54, 1.807) is 42.9 Å². The number of hydrogen-bond acceptors (Lipinski definition) is 5. The van der Waals surface area contributed by atoms with Crippen molar-refractivity contribution in [3.8, 4) is 11.3 Å². The molecule has 8 heteroatoms. The van der Waals surface area contributed by atoms with Gasteiger partial charge >= 0.3 is 5.55 Å². The van der Waals surface area contributed by atoms with Gasteiger partial charge in [0.25, 0.3) is 0 Å². The molecule has 0 spiro atoms. The third-order valence-corrected chi connectivity index (χ3v) is 6.49. The molecule has 35 heavy (non-hydrogen) atoms. The van der Waals surface area contributed by atoms with E-state index in [0.29, 0.717) is 17.8 Å². The van der Waals surface area contributed by atoms with Gasteiger partial charge in [0.1, 0.15) is 16.6 Å². The zero-order chi connectivity index (χ0) is 24.6. The predicted molar refractivity (Wildman–Crippen MR) is 135 cm³/mol. The van der Waals surface area contributed by atoms with E-state index >= 15 is 0 Å². The maximum absolute atomic E-state index is 12.9. The second kappa shape index (κ2) is 11.3. The van der Waals surface area contributed by atoms with Gasteiger partial charge in [-0.2, -0.15) is 4.79 Å². The first-order valence-corrected chi connectivity index (χ1v) is 12.4. The maximum Gasteiger partial charge on any atom is 0.344 e. The van der Waals surface area contributed by atoms with Crippen LogP contribution in [0.5, 0.6) is 0 Å². The van der Waals surface area contributed by atoms with Gasteiger partial charge in [-0.1, -0.05) is 42.5 Å². The van der Waals surface area contributed by atoms with Crippen molar-refractivity contribution >= 4 is 22.1 Å². The molecule has 0 bridgehead atoms. The average Bonchev–Trinajstić information content (AvgIpc) is 2.87. The minimum absolute atomic E-state index is 0.000721. The van der Waals surface area contributed by atoms with Crippen LogP contribution in [-0.4, -0.2) is 35.3 Å². The minimum Gasteiger partial charge on any atom is -0.361 e. The molecule has 2 aromatic heterocycles. The molecule has 0 aliphatic carbocycles. The number of rotatable bonds is 9. The molecule has 0 saturated carbocycles. The van der Waals surface area contributed by atoms with Crippen LogP contribution in [0.25, 0.3) is 16.8 Å². The molecule has 0 radical (unpaired) electrons. The van der Waals surface area contributed by atoms with E-state index < -0.39 is 10.8 Å². The Balaban J connectivity index is 1.46. The Hall–Kier alpha value is -4.13. The molecular weight excluding hydrogens is 458 g/mol. The molecule has 0 N–H and O–H groups in total. The van der Waals surface area contributed by atoms with E-state index in [9.17, 15) is 9.00 Å². The highest BCUT2D eigenvalue weighted by atomic mass is 32.2. The van der Waals surface area contributed by atoms with Gasteiger partial charge in [-0.3, -0.25) is 9.78 Å². The average molecular weight is 482 g/mol. The SMILES string of the molecule is Cc1ccc(CC(=O)c2ccc(CS(=O)C=[N+]=[N-])cc2)cc1Cc1nccc(-c2cccnc2)n1. The van der Waals surface area contributed by atoms with Crippen LogP contribution >= 0.6 is 0 Å². The van der Waals surface area contributed by atoms with Gasteiger partial charge in [0, 0.05) is 42.6 Å². The lowest BCUT2D eigenvalue weighted by molar-refractivity contribution is 0.00792. The molecular formula is C27H23N5O2S. The number of carbonyl (C=O) groups is 1. The summed E-state index contributed by atoms with van der Waals surface area (Å²) in [6.45, 7) is 2.04. The lowest BCUT2D eigenvalue weighted by Crippen LogP contribution is -2.06. The second-order valence-corrected chi connectivity index (χ2v) is 9.34. The summed E-state index contributed by atoms with van der Waals surface area (Å²) in [6, 6.07) is 18.7. The van der Waals surface area contributed by atoms with Crippen LogP contribution in [0.4, 0.5) is 0 Å². The van der Waals surface area contributed by atoms with Gasteiger partial charge < -0.3 is 5.53 Å². The monoisotopic (exact) mass is 481 g/mol. The summed E-state index contributed by atoms with van der Waals surface area (Å²) in [4.78, 5) is 28.9. The number of Topliss-reactive ketones (excluding diaryl/α,β-unsaturated/α-hetero) is 1. The zero-order valence-electron chi connectivity index (χ0n) is 19.2. The quantitative estimate of drug-likeness (QED) is 0.116. The van der Waals surface area contributed by atoms with Crippen molar-refractivity contribution in [2.24, 2.45) is 0 Å². The molecule has 1 atom stereocenters. The third-order valence-electron chi connectivity index (χ3n) is 5.54. The van der Waals surface area contributed by atoms with E-state index in [4.69, 9.17) is 10.5 Å². The summed E-state index contributed by atoms with van der Waals surface area (Å²) in [5.74, 6) is 0.931. The first kappa shape index (κ1) is 24.0. The largest absolute Gasteiger partial charge is 0.361 e. The molecule has 0 saturated heterocycles. The predicted octanol–water partition coefficient (Wildman–Crippen LogP) is 4.37. The van der Waals surface area contributed by atoms with Crippen LogP contribution in [0.1, 0.15) is 38.4 Å². The summed E-state index contributed by atoms with van der Waals surface area (Å²) in [5, 5.41) is 0. The zero-order valence-corrected chi connectivity index (χ0v) is 20.0. The Morgan fingerprint density at radius 3 is 2.60 bits per heavy atom. The molecule has 0 aliphatic rings. The first-order chi connectivity index (χ1) is 17.0. The van der Waals surface area contributed by atoms with Crippen molar-refractivity contribution in [2.45, 2.75) is 25.5 Å². The van der Waals surface area contributed by atoms with E-state index in [1.807, 2.05) is 43.3 Å². The molecule has 0 amide bonds. The van der Waals surface area contributed by atoms with E-state index in [2.05, 4.69) is 14.8 Å². The number of carbonyl (C=O) groups excluding carboxylic acids is 1. The number of ketones is 1. The van der Waals surface area contributed by atoms with Crippen molar-refractivity contribution in [2.75, 3.05) is 0 Å². The summed E-state index contributed by atoms with van der Waals surface area (Å²) < 4.78 is 11.7. The Morgan fingerprint density at radius 2 is 1.86 bits per heavy atom.